The van der Waals surface area contributed by atoms with Gasteiger partial charge in [0.2, 0.25) is 5.82 Å². The van der Waals surface area contributed by atoms with Crippen molar-refractivity contribution in [2.24, 2.45) is 0 Å². The van der Waals surface area contributed by atoms with E-state index in [0.717, 1.165) is 11.1 Å². The Balaban J connectivity index is 1.92. The quantitative estimate of drug-likeness (QED) is 0.807. The summed E-state index contributed by atoms with van der Waals surface area (Å²) >= 11 is 0. The molecule has 0 bridgehead atoms. The maximum atomic E-state index is 5.35. The standard InChI is InChI=1S/C14H15N3O/c1-10(11-4-2-3-5-11)14-16-13(17-18-14)12-6-8-15-9-7-12/h6-9H,2-5H2,1H3. The van der Waals surface area contributed by atoms with Crippen LogP contribution in [-0.2, 0) is 0 Å². The van der Waals surface area contributed by atoms with Gasteiger partial charge >= 0.3 is 0 Å². The number of hydrogen-bond acceptors (Lipinski definition) is 4. The Hall–Kier alpha value is -1.97. The zero-order chi connectivity index (χ0) is 12.4. The molecule has 1 saturated carbocycles. The number of aromatic nitrogens is 3. The van der Waals surface area contributed by atoms with E-state index in [2.05, 4.69) is 22.0 Å². The van der Waals surface area contributed by atoms with Crippen LogP contribution in [0.5, 0.6) is 0 Å². The van der Waals surface area contributed by atoms with Gasteiger partial charge in [-0.3, -0.25) is 4.98 Å². The molecule has 92 valence electrons. The van der Waals surface area contributed by atoms with Gasteiger partial charge in [0, 0.05) is 23.5 Å². The minimum Gasteiger partial charge on any atom is -0.334 e. The SMILES string of the molecule is CC(=C1CCCC1)c1nc(-c2ccncc2)no1. The van der Waals surface area contributed by atoms with E-state index in [4.69, 9.17) is 4.52 Å². The van der Waals surface area contributed by atoms with Gasteiger partial charge in [-0.2, -0.15) is 4.98 Å². The molecule has 1 aliphatic carbocycles. The highest BCUT2D eigenvalue weighted by atomic mass is 16.5. The van der Waals surface area contributed by atoms with Crippen LogP contribution in [0.1, 0.15) is 38.5 Å². The Labute approximate surface area is 106 Å². The third kappa shape index (κ3) is 2.06. The molecule has 0 saturated heterocycles. The second-order valence-electron chi connectivity index (χ2n) is 4.59. The lowest BCUT2D eigenvalue weighted by Crippen LogP contribution is -1.86. The van der Waals surface area contributed by atoms with Crippen LogP contribution in [-0.4, -0.2) is 15.1 Å². The van der Waals surface area contributed by atoms with Crippen molar-refractivity contribution in [2.75, 3.05) is 0 Å². The fourth-order valence-corrected chi connectivity index (χ4v) is 2.32. The van der Waals surface area contributed by atoms with Crippen molar-refractivity contribution in [3.63, 3.8) is 0 Å². The summed E-state index contributed by atoms with van der Waals surface area (Å²) in [6, 6.07) is 3.76. The molecule has 0 radical (unpaired) electrons. The van der Waals surface area contributed by atoms with Crippen molar-refractivity contribution < 1.29 is 4.52 Å². The average Bonchev–Trinajstić information content (AvgIpc) is 3.10. The smallest absolute Gasteiger partial charge is 0.253 e. The third-order valence-corrected chi connectivity index (χ3v) is 3.42. The minimum absolute atomic E-state index is 0.630. The van der Waals surface area contributed by atoms with Crippen molar-refractivity contribution in [1.82, 2.24) is 15.1 Å². The van der Waals surface area contributed by atoms with Gasteiger partial charge in [-0.25, -0.2) is 0 Å². The minimum atomic E-state index is 0.630. The molecule has 4 nitrogen and oxygen atoms in total. The Bertz CT molecular complexity index is 564. The van der Waals surface area contributed by atoms with Gasteiger partial charge in [-0.05, 0) is 44.7 Å². The van der Waals surface area contributed by atoms with Gasteiger partial charge in [0.05, 0.1) is 0 Å². The van der Waals surface area contributed by atoms with Crippen molar-refractivity contribution in [1.29, 1.82) is 0 Å². The lowest BCUT2D eigenvalue weighted by atomic mass is 10.1. The highest BCUT2D eigenvalue weighted by Crippen LogP contribution is 2.31. The molecule has 0 aliphatic heterocycles. The van der Waals surface area contributed by atoms with Gasteiger partial charge in [-0.15, -0.1) is 0 Å². The molecule has 2 aromatic heterocycles. The van der Waals surface area contributed by atoms with Gasteiger partial charge in [-0.1, -0.05) is 10.7 Å². The summed E-state index contributed by atoms with van der Waals surface area (Å²) in [5, 5.41) is 4.03. The summed E-state index contributed by atoms with van der Waals surface area (Å²) in [4.78, 5) is 8.44. The van der Waals surface area contributed by atoms with Crippen molar-refractivity contribution >= 4 is 5.57 Å². The first-order valence-corrected chi connectivity index (χ1v) is 6.28. The van der Waals surface area contributed by atoms with Crippen molar-refractivity contribution in [3.05, 3.63) is 36.0 Å². The normalized spacial score (nSPS) is 15.1. The molecule has 0 aromatic carbocycles. The molecule has 4 heteroatoms. The summed E-state index contributed by atoms with van der Waals surface area (Å²) < 4.78 is 5.35. The molecule has 0 atom stereocenters. The maximum absolute atomic E-state index is 5.35. The molecule has 0 spiro atoms. The molecule has 18 heavy (non-hydrogen) atoms. The van der Waals surface area contributed by atoms with Crippen LogP contribution in [0.2, 0.25) is 0 Å². The topological polar surface area (TPSA) is 51.8 Å². The monoisotopic (exact) mass is 241 g/mol. The van der Waals surface area contributed by atoms with E-state index in [-0.39, 0.29) is 0 Å². The molecule has 2 heterocycles. The van der Waals surface area contributed by atoms with Gasteiger partial charge < -0.3 is 4.52 Å². The van der Waals surface area contributed by atoms with Crippen LogP contribution >= 0.6 is 0 Å². The molecule has 1 aliphatic rings. The van der Waals surface area contributed by atoms with E-state index < -0.39 is 0 Å². The fraction of sp³-hybridized carbons (Fsp3) is 0.357. The van der Waals surface area contributed by atoms with Gasteiger partial charge in [0.1, 0.15) is 0 Å². The average molecular weight is 241 g/mol. The maximum Gasteiger partial charge on any atom is 0.253 e. The summed E-state index contributed by atoms with van der Waals surface area (Å²) in [6.07, 6.45) is 8.34. The van der Waals surface area contributed by atoms with E-state index in [1.54, 1.807) is 12.4 Å². The van der Waals surface area contributed by atoms with Gasteiger partial charge in [0.15, 0.2) is 0 Å². The molecule has 0 unspecified atom stereocenters. The number of nitrogens with zero attached hydrogens (tertiary/aromatic N) is 3. The lowest BCUT2D eigenvalue weighted by Gasteiger charge is -1.99. The van der Waals surface area contributed by atoms with E-state index in [1.807, 2.05) is 12.1 Å². The van der Waals surface area contributed by atoms with Crippen molar-refractivity contribution in [2.45, 2.75) is 32.6 Å². The molecule has 0 N–H and O–H groups in total. The highest BCUT2D eigenvalue weighted by molar-refractivity contribution is 5.63. The Morgan fingerprint density at radius 1 is 1.17 bits per heavy atom. The Morgan fingerprint density at radius 2 is 1.89 bits per heavy atom. The molecular formula is C14H15N3O. The van der Waals surface area contributed by atoms with Crippen molar-refractivity contribution in [3.8, 4) is 11.4 Å². The molecule has 3 rings (SSSR count). The second-order valence-corrected chi connectivity index (χ2v) is 4.59. The Morgan fingerprint density at radius 3 is 2.61 bits per heavy atom. The lowest BCUT2D eigenvalue weighted by molar-refractivity contribution is 0.407. The zero-order valence-corrected chi connectivity index (χ0v) is 10.4. The number of hydrogen-bond donors (Lipinski definition) is 0. The predicted molar refractivity (Wildman–Crippen MR) is 68.6 cm³/mol. The molecule has 1 fully saturated rings. The molecule has 0 amide bonds. The summed E-state index contributed by atoms with van der Waals surface area (Å²) in [7, 11) is 0. The fourth-order valence-electron chi connectivity index (χ4n) is 2.32. The first-order valence-electron chi connectivity index (χ1n) is 6.28. The number of rotatable bonds is 2. The summed E-state index contributed by atoms with van der Waals surface area (Å²) in [5.74, 6) is 1.28. The molecule has 2 aromatic rings. The van der Waals surface area contributed by atoms with Crippen LogP contribution in [0.4, 0.5) is 0 Å². The molecular weight excluding hydrogens is 226 g/mol. The first kappa shape index (κ1) is 11.1. The number of pyridine rings is 1. The second kappa shape index (κ2) is 4.72. The van der Waals surface area contributed by atoms with Crippen LogP contribution in [0, 0.1) is 0 Å². The summed E-state index contributed by atoms with van der Waals surface area (Å²) in [6.45, 7) is 2.07. The Kier molecular flexibility index (Phi) is 2.92. The summed E-state index contributed by atoms with van der Waals surface area (Å²) in [5.41, 5.74) is 3.55. The van der Waals surface area contributed by atoms with E-state index in [9.17, 15) is 0 Å². The van der Waals surface area contributed by atoms with Crippen LogP contribution in [0.15, 0.2) is 34.6 Å². The van der Waals surface area contributed by atoms with Crippen LogP contribution in [0.3, 0.4) is 0 Å². The van der Waals surface area contributed by atoms with E-state index >= 15 is 0 Å². The van der Waals surface area contributed by atoms with E-state index in [1.165, 1.54) is 31.3 Å². The van der Waals surface area contributed by atoms with E-state index in [0.29, 0.717) is 11.7 Å². The highest BCUT2D eigenvalue weighted by Gasteiger charge is 2.16. The van der Waals surface area contributed by atoms with Gasteiger partial charge in [0.25, 0.3) is 5.89 Å². The van der Waals surface area contributed by atoms with Crippen LogP contribution in [0.25, 0.3) is 17.0 Å². The first-order chi connectivity index (χ1) is 8.84. The largest absolute Gasteiger partial charge is 0.334 e. The third-order valence-electron chi connectivity index (χ3n) is 3.42. The number of allylic oxidation sites excluding steroid dienone is 2. The zero-order valence-electron chi connectivity index (χ0n) is 10.4. The van der Waals surface area contributed by atoms with Crippen LogP contribution < -0.4 is 0 Å². The predicted octanol–water partition coefficient (Wildman–Crippen LogP) is 3.48.